The van der Waals surface area contributed by atoms with Gasteiger partial charge in [0.25, 0.3) is 0 Å². The van der Waals surface area contributed by atoms with Gasteiger partial charge in [-0.15, -0.1) is 0 Å². The molecule has 1 heterocycles. The van der Waals surface area contributed by atoms with E-state index in [9.17, 15) is 9.59 Å². The van der Waals surface area contributed by atoms with Gasteiger partial charge in [0.15, 0.2) is 0 Å². The zero-order chi connectivity index (χ0) is 15.9. The third-order valence-corrected chi connectivity index (χ3v) is 2.86. The van der Waals surface area contributed by atoms with Gasteiger partial charge in [-0.1, -0.05) is 41.9 Å². The average Bonchev–Trinajstić information content (AvgIpc) is 2.53. The molecule has 0 spiro atoms. The van der Waals surface area contributed by atoms with E-state index in [0.29, 0.717) is 0 Å². The topological polar surface area (TPSA) is 90.4 Å². The highest BCUT2D eigenvalue weighted by Gasteiger charge is 2.14. The maximum absolute atomic E-state index is 11.6. The summed E-state index contributed by atoms with van der Waals surface area (Å²) in [6.07, 6.45) is 0.430. The Balaban J connectivity index is 1.94. The Morgan fingerprint density at radius 2 is 2.00 bits per heavy atom. The third kappa shape index (κ3) is 4.16. The molecule has 22 heavy (non-hydrogen) atoms. The molecule has 0 saturated heterocycles. The molecule has 1 aromatic heterocycles. The average molecular weight is 322 g/mol. The number of anilines is 1. The van der Waals surface area contributed by atoms with Crippen LogP contribution in [0.25, 0.3) is 0 Å². The first-order valence-electron chi connectivity index (χ1n) is 6.18. The summed E-state index contributed by atoms with van der Waals surface area (Å²) in [5, 5.41) is 2.19. The molecular formula is C14H12ClN3O4. The van der Waals surface area contributed by atoms with Crippen molar-refractivity contribution in [3.05, 3.63) is 52.8 Å². The van der Waals surface area contributed by atoms with Crippen molar-refractivity contribution >= 4 is 29.6 Å². The summed E-state index contributed by atoms with van der Waals surface area (Å²) < 4.78 is 9.52. The lowest BCUT2D eigenvalue weighted by Crippen LogP contribution is -2.16. The minimum absolute atomic E-state index is 0.00682. The monoisotopic (exact) mass is 321 g/mol. The van der Waals surface area contributed by atoms with Gasteiger partial charge >= 0.3 is 12.1 Å². The number of hydrogen-bond donors (Lipinski definition) is 1. The van der Waals surface area contributed by atoms with Crippen LogP contribution in [-0.4, -0.2) is 29.1 Å². The van der Waals surface area contributed by atoms with Crippen LogP contribution in [0, 0.1) is 0 Å². The molecule has 1 N–H and O–H groups in total. The zero-order valence-corrected chi connectivity index (χ0v) is 12.3. The molecule has 0 aliphatic rings. The Bertz CT molecular complexity index is 679. The molecule has 0 aliphatic heterocycles. The predicted octanol–water partition coefficient (Wildman–Crippen LogP) is 2.67. The number of carbonyl (C=O) groups excluding carboxylic acids is 2. The number of rotatable bonds is 4. The normalized spacial score (nSPS) is 9.91. The summed E-state index contributed by atoms with van der Waals surface area (Å²) in [6, 6.07) is 9.19. The number of nitrogens with zero attached hydrogens (tertiary/aromatic N) is 2. The maximum Gasteiger partial charge on any atom is 0.414 e. The molecule has 1 aromatic carbocycles. The van der Waals surface area contributed by atoms with Gasteiger partial charge in [0.05, 0.1) is 7.11 Å². The predicted molar refractivity (Wildman–Crippen MR) is 78.6 cm³/mol. The van der Waals surface area contributed by atoms with Crippen LogP contribution in [-0.2, 0) is 16.1 Å². The summed E-state index contributed by atoms with van der Waals surface area (Å²) in [5.41, 5.74) is 0.852. The number of aromatic nitrogens is 2. The molecule has 2 rings (SSSR count). The van der Waals surface area contributed by atoms with E-state index in [1.165, 1.54) is 7.11 Å². The van der Waals surface area contributed by atoms with Gasteiger partial charge in [0.2, 0.25) is 5.95 Å². The number of amides is 1. The molecule has 2 aromatic rings. The van der Waals surface area contributed by atoms with Gasteiger partial charge in [-0.25, -0.2) is 14.6 Å². The Morgan fingerprint density at radius 3 is 2.64 bits per heavy atom. The lowest BCUT2D eigenvalue weighted by molar-refractivity contribution is 0.0600. The number of benzene rings is 1. The van der Waals surface area contributed by atoms with Crippen molar-refractivity contribution in [3.8, 4) is 0 Å². The Morgan fingerprint density at radius 1 is 1.27 bits per heavy atom. The van der Waals surface area contributed by atoms with Crippen LogP contribution in [0.1, 0.15) is 15.9 Å². The minimum atomic E-state index is -0.731. The smallest absolute Gasteiger partial charge is 0.414 e. The quantitative estimate of drug-likeness (QED) is 0.687. The number of ether oxygens (including phenoxy) is 2. The van der Waals surface area contributed by atoms with Gasteiger partial charge in [-0.2, -0.15) is 4.98 Å². The highest BCUT2D eigenvalue weighted by molar-refractivity contribution is 6.32. The van der Waals surface area contributed by atoms with Crippen LogP contribution in [0.3, 0.4) is 0 Å². The molecular weight excluding hydrogens is 310 g/mol. The van der Waals surface area contributed by atoms with E-state index in [1.54, 1.807) is 0 Å². The standard InChI is InChI=1S/C14H12ClN3O4/c1-21-12(19)10-7-16-13(17-11(10)15)18-14(20)22-8-9-5-3-2-4-6-9/h2-7H,8H2,1H3,(H,16,17,18,20). The summed E-state index contributed by atoms with van der Waals surface area (Å²) in [4.78, 5) is 30.5. The van der Waals surface area contributed by atoms with Gasteiger partial charge in [-0.3, -0.25) is 5.32 Å². The van der Waals surface area contributed by atoms with Crippen LogP contribution < -0.4 is 5.32 Å². The Hall–Kier alpha value is -2.67. The molecule has 0 unspecified atom stereocenters. The van der Waals surface area contributed by atoms with E-state index in [1.807, 2.05) is 30.3 Å². The highest BCUT2D eigenvalue weighted by Crippen LogP contribution is 2.15. The first-order chi connectivity index (χ1) is 10.6. The fraction of sp³-hybridized carbons (Fsp3) is 0.143. The second-order valence-corrected chi connectivity index (χ2v) is 4.43. The molecule has 0 aliphatic carbocycles. The van der Waals surface area contributed by atoms with Gasteiger partial charge in [0.1, 0.15) is 17.3 Å². The van der Waals surface area contributed by atoms with Crippen LogP contribution in [0.4, 0.5) is 10.7 Å². The van der Waals surface area contributed by atoms with Crippen LogP contribution in [0.5, 0.6) is 0 Å². The number of hydrogen-bond acceptors (Lipinski definition) is 6. The van der Waals surface area contributed by atoms with E-state index in [2.05, 4.69) is 20.0 Å². The third-order valence-electron chi connectivity index (χ3n) is 2.57. The molecule has 1 amide bonds. The number of carbonyl (C=O) groups is 2. The second kappa shape index (κ2) is 7.37. The molecule has 0 radical (unpaired) electrons. The first-order valence-corrected chi connectivity index (χ1v) is 6.56. The fourth-order valence-corrected chi connectivity index (χ4v) is 1.72. The van der Waals surface area contributed by atoms with Gasteiger partial charge < -0.3 is 9.47 Å². The fourth-order valence-electron chi connectivity index (χ4n) is 1.52. The van der Waals surface area contributed by atoms with Crippen molar-refractivity contribution in [3.63, 3.8) is 0 Å². The molecule has 0 fully saturated rings. The number of esters is 1. The lowest BCUT2D eigenvalue weighted by Gasteiger charge is -2.07. The summed E-state index contributed by atoms with van der Waals surface area (Å²) in [5.74, 6) is -0.737. The van der Waals surface area contributed by atoms with E-state index < -0.39 is 12.1 Å². The zero-order valence-electron chi connectivity index (χ0n) is 11.6. The second-order valence-electron chi connectivity index (χ2n) is 4.08. The van der Waals surface area contributed by atoms with Crippen LogP contribution in [0.15, 0.2) is 36.5 Å². The van der Waals surface area contributed by atoms with E-state index in [-0.39, 0.29) is 23.3 Å². The van der Waals surface area contributed by atoms with E-state index in [4.69, 9.17) is 16.3 Å². The van der Waals surface area contributed by atoms with Crippen molar-refractivity contribution in [2.75, 3.05) is 12.4 Å². The largest absolute Gasteiger partial charge is 0.465 e. The van der Waals surface area contributed by atoms with Crippen LogP contribution >= 0.6 is 11.6 Å². The summed E-state index contributed by atoms with van der Waals surface area (Å²) in [6.45, 7) is 0.112. The van der Waals surface area contributed by atoms with Gasteiger partial charge in [0, 0.05) is 6.20 Å². The molecule has 8 heteroatoms. The van der Waals surface area contributed by atoms with Crippen molar-refractivity contribution in [1.29, 1.82) is 0 Å². The van der Waals surface area contributed by atoms with Crippen molar-refractivity contribution in [2.45, 2.75) is 6.61 Å². The molecule has 114 valence electrons. The number of methoxy groups -OCH3 is 1. The SMILES string of the molecule is COC(=O)c1cnc(NC(=O)OCc2ccccc2)nc1Cl. The summed E-state index contributed by atoms with van der Waals surface area (Å²) in [7, 11) is 1.21. The summed E-state index contributed by atoms with van der Waals surface area (Å²) >= 11 is 5.82. The number of nitrogens with one attached hydrogen (secondary N) is 1. The lowest BCUT2D eigenvalue weighted by atomic mass is 10.2. The minimum Gasteiger partial charge on any atom is -0.465 e. The molecule has 0 atom stereocenters. The molecule has 7 nitrogen and oxygen atoms in total. The highest BCUT2D eigenvalue weighted by atomic mass is 35.5. The molecule has 0 bridgehead atoms. The van der Waals surface area contributed by atoms with Crippen molar-refractivity contribution in [1.82, 2.24) is 9.97 Å². The Kier molecular flexibility index (Phi) is 5.26. The molecule has 0 saturated carbocycles. The number of halogens is 1. The van der Waals surface area contributed by atoms with E-state index >= 15 is 0 Å². The maximum atomic E-state index is 11.6. The van der Waals surface area contributed by atoms with Gasteiger partial charge in [-0.05, 0) is 5.56 Å². The van der Waals surface area contributed by atoms with Crippen molar-refractivity contribution in [2.24, 2.45) is 0 Å². The Labute approximate surface area is 131 Å². The first kappa shape index (κ1) is 15.7. The van der Waals surface area contributed by atoms with Crippen molar-refractivity contribution < 1.29 is 19.1 Å². The van der Waals surface area contributed by atoms with E-state index in [0.717, 1.165) is 11.8 Å². The van der Waals surface area contributed by atoms with Crippen LogP contribution in [0.2, 0.25) is 5.15 Å².